The van der Waals surface area contributed by atoms with Crippen molar-refractivity contribution in [2.45, 2.75) is 12.6 Å². The van der Waals surface area contributed by atoms with Crippen LogP contribution in [0.15, 0.2) is 16.5 Å². The topological polar surface area (TPSA) is 68.6 Å². The molecule has 4 nitrogen and oxygen atoms in total. The summed E-state index contributed by atoms with van der Waals surface area (Å²) in [7, 11) is 1.58. The first kappa shape index (κ1) is 9.25. The predicted molar refractivity (Wildman–Crippen MR) is 43.4 cm³/mol. The number of hydrogen-bond donors (Lipinski definition) is 2. The second kappa shape index (κ2) is 4.25. The number of ether oxygens (including phenoxy) is 1. The number of methoxy groups -OCH3 is 1. The second-order valence-electron chi connectivity index (χ2n) is 2.52. The molecule has 1 atom stereocenters. The molecule has 0 spiro atoms. The largest absolute Gasteiger partial charge is 0.462 e. The highest BCUT2D eigenvalue weighted by atomic mass is 16.5. The number of nitrogens with two attached hydrogens (primary N) is 1. The molecule has 1 aromatic rings. The van der Waals surface area contributed by atoms with Gasteiger partial charge in [-0.05, 0) is 12.1 Å². The van der Waals surface area contributed by atoms with Crippen molar-refractivity contribution in [3.8, 4) is 0 Å². The van der Waals surface area contributed by atoms with Crippen molar-refractivity contribution in [2.75, 3.05) is 13.7 Å². The molecule has 0 saturated heterocycles. The lowest BCUT2D eigenvalue weighted by Gasteiger charge is -2.05. The van der Waals surface area contributed by atoms with Gasteiger partial charge in [-0.1, -0.05) is 0 Å². The van der Waals surface area contributed by atoms with E-state index < -0.39 is 0 Å². The van der Waals surface area contributed by atoms with E-state index in [9.17, 15) is 0 Å². The molecule has 0 fully saturated rings. The number of hydrogen-bond acceptors (Lipinski definition) is 4. The number of furan rings is 1. The molecule has 1 rings (SSSR count). The zero-order valence-electron chi connectivity index (χ0n) is 6.99. The predicted octanol–water partition coefficient (Wildman–Crippen LogP) is 0.418. The van der Waals surface area contributed by atoms with Crippen LogP contribution >= 0.6 is 0 Å². The molecule has 3 N–H and O–H groups in total. The average Bonchev–Trinajstić information content (AvgIpc) is 2.52. The van der Waals surface area contributed by atoms with Gasteiger partial charge in [0, 0.05) is 7.11 Å². The van der Waals surface area contributed by atoms with Gasteiger partial charge in [0.25, 0.3) is 0 Å². The fraction of sp³-hybridized carbons (Fsp3) is 0.500. The van der Waals surface area contributed by atoms with Gasteiger partial charge < -0.3 is 20.0 Å². The Morgan fingerprint density at radius 1 is 1.67 bits per heavy atom. The Bertz CT molecular complexity index is 234. The van der Waals surface area contributed by atoms with Gasteiger partial charge in [0.15, 0.2) is 0 Å². The molecule has 12 heavy (non-hydrogen) atoms. The van der Waals surface area contributed by atoms with Crippen LogP contribution in [-0.2, 0) is 11.3 Å². The molecule has 4 heteroatoms. The zero-order chi connectivity index (χ0) is 8.97. The Labute approximate surface area is 70.9 Å². The quantitative estimate of drug-likeness (QED) is 0.688. The summed E-state index contributed by atoms with van der Waals surface area (Å²) in [4.78, 5) is 0. The minimum absolute atomic E-state index is 0.0975. The van der Waals surface area contributed by atoms with E-state index in [0.29, 0.717) is 18.1 Å². The maximum Gasteiger partial charge on any atom is 0.129 e. The highest BCUT2D eigenvalue weighted by Gasteiger charge is 2.09. The van der Waals surface area contributed by atoms with Crippen LogP contribution in [0.3, 0.4) is 0 Å². The van der Waals surface area contributed by atoms with Crippen LogP contribution < -0.4 is 5.73 Å². The summed E-state index contributed by atoms with van der Waals surface area (Å²) in [6.07, 6.45) is 0. The van der Waals surface area contributed by atoms with Gasteiger partial charge in [-0.3, -0.25) is 0 Å². The third-order valence-electron chi connectivity index (χ3n) is 1.55. The average molecular weight is 171 g/mol. The van der Waals surface area contributed by atoms with E-state index in [1.807, 2.05) is 0 Å². The number of rotatable bonds is 4. The van der Waals surface area contributed by atoms with E-state index in [-0.39, 0.29) is 12.6 Å². The molecule has 0 radical (unpaired) electrons. The lowest BCUT2D eigenvalue weighted by molar-refractivity contribution is 0.169. The van der Waals surface area contributed by atoms with E-state index in [2.05, 4.69) is 0 Å². The maximum absolute atomic E-state index is 8.70. The summed E-state index contributed by atoms with van der Waals surface area (Å²) >= 11 is 0. The molecule has 0 aromatic carbocycles. The van der Waals surface area contributed by atoms with Gasteiger partial charge in [-0.2, -0.15) is 0 Å². The third-order valence-corrected chi connectivity index (χ3v) is 1.55. The minimum atomic E-state index is -0.254. The lowest BCUT2D eigenvalue weighted by Crippen LogP contribution is -2.15. The summed E-state index contributed by atoms with van der Waals surface area (Å²) in [6.45, 7) is 0.318. The van der Waals surface area contributed by atoms with Gasteiger partial charge in [0.1, 0.15) is 18.1 Å². The van der Waals surface area contributed by atoms with E-state index in [4.69, 9.17) is 20.0 Å². The molecule has 1 aromatic heterocycles. The number of aliphatic hydroxyl groups excluding tert-OH is 1. The van der Waals surface area contributed by atoms with Crippen LogP contribution in [0, 0.1) is 0 Å². The molecule has 0 unspecified atom stereocenters. The fourth-order valence-corrected chi connectivity index (χ4v) is 0.940. The minimum Gasteiger partial charge on any atom is -0.462 e. The first-order chi connectivity index (χ1) is 5.77. The second-order valence-corrected chi connectivity index (χ2v) is 2.52. The van der Waals surface area contributed by atoms with Crippen molar-refractivity contribution in [1.29, 1.82) is 0 Å². The van der Waals surface area contributed by atoms with Crippen molar-refractivity contribution < 1.29 is 14.3 Å². The van der Waals surface area contributed by atoms with E-state index in [0.717, 1.165) is 0 Å². The smallest absolute Gasteiger partial charge is 0.129 e. The molecular formula is C8H13NO3. The summed E-state index contributed by atoms with van der Waals surface area (Å²) < 4.78 is 10.0. The van der Waals surface area contributed by atoms with Crippen molar-refractivity contribution in [3.05, 3.63) is 23.7 Å². The van der Waals surface area contributed by atoms with Crippen LogP contribution in [0.2, 0.25) is 0 Å². The van der Waals surface area contributed by atoms with E-state index in [1.54, 1.807) is 19.2 Å². The van der Waals surface area contributed by atoms with Crippen molar-refractivity contribution in [2.24, 2.45) is 5.73 Å². The highest BCUT2D eigenvalue weighted by molar-refractivity contribution is 5.09. The first-order valence-corrected chi connectivity index (χ1v) is 3.72. The molecule has 1 heterocycles. The standard InChI is InChI=1S/C8H13NO3/c1-11-5-7(9)8-3-2-6(4-10)12-8/h2-3,7,10H,4-5,9H2,1H3/t7-/m0/s1. The molecular weight excluding hydrogens is 158 g/mol. The van der Waals surface area contributed by atoms with Gasteiger partial charge >= 0.3 is 0 Å². The summed E-state index contributed by atoms with van der Waals surface area (Å²) in [5.41, 5.74) is 5.67. The van der Waals surface area contributed by atoms with Crippen LogP contribution in [0.25, 0.3) is 0 Å². The van der Waals surface area contributed by atoms with Gasteiger partial charge in [0.2, 0.25) is 0 Å². The lowest BCUT2D eigenvalue weighted by atomic mass is 10.2. The third kappa shape index (κ3) is 2.07. The van der Waals surface area contributed by atoms with Crippen molar-refractivity contribution in [1.82, 2.24) is 0 Å². The SMILES string of the molecule is COC[C@H](N)c1ccc(CO)o1. The van der Waals surface area contributed by atoms with Gasteiger partial charge in [0.05, 0.1) is 12.6 Å². The highest BCUT2D eigenvalue weighted by Crippen LogP contribution is 2.14. The maximum atomic E-state index is 8.70. The Kier molecular flexibility index (Phi) is 3.28. The molecule has 68 valence electrons. The van der Waals surface area contributed by atoms with Crippen LogP contribution in [0.1, 0.15) is 17.6 Å². The molecule has 0 amide bonds. The molecule has 0 bridgehead atoms. The van der Waals surface area contributed by atoms with Crippen LogP contribution in [0.4, 0.5) is 0 Å². The molecule has 0 aliphatic carbocycles. The first-order valence-electron chi connectivity index (χ1n) is 3.72. The zero-order valence-corrected chi connectivity index (χ0v) is 6.99. The summed E-state index contributed by atoms with van der Waals surface area (Å²) in [5.74, 6) is 1.16. The normalized spacial score (nSPS) is 13.2. The van der Waals surface area contributed by atoms with E-state index in [1.165, 1.54) is 0 Å². The summed E-state index contributed by atoms with van der Waals surface area (Å²) in [6, 6.07) is 3.19. The summed E-state index contributed by atoms with van der Waals surface area (Å²) in [5, 5.41) is 8.70. The van der Waals surface area contributed by atoms with E-state index >= 15 is 0 Å². The molecule has 0 aliphatic heterocycles. The van der Waals surface area contributed by atoms with Gasteiger partial charge in [-0.25, -0.2) is 0 Å². The number of aliphatic hydroxyl groups is 1. The Morgan fingerprint density at radius 2 is 2.42 bits per heavy atom. The Morgan fingerprint density at radius 3 is 2.92 bits per heavy atom. The van der Waals surface area contributed by atoms with Crippen LogP contribution in [-0.4, -0.2) is 18.8 Å². The molecule has 0 aliphatic rings. The monoisotopic (exact) mass is 171 g/mol. The fourth-order valence-electron chi connectivity index (χ4n) is 0.940. The Balaban J connectivity index is 2.61. The van der Waals surface area contributed by atoms with Gasteiger partial charge in [-0.15, -0.1) is 0 Å². The Hall–Kier alpha value is -0.840. The van der Waals surface area contributed by atoms with Crippen LogP contribution in [0.5, 0.6) is 0 Å². The van der Waals surface area contributed by atoms with Crippen molar-refractivity contribution >= 4 is 0 Å². The van der Waals surface area contributed by atoms with Crippen molar-refractivity contribution in [3.63, 3.8) is 0 Å². The molecule has 0 saturated carbocycles.